The summed E-state index contributed by atoms with van der Waals surface area (Å²) in [5, 5.41) is 3.46. The molecule has 0 amide bonds. The van der Waals surface area contributed by atoms with Crippen molar-refractivity contribution in [1.29, 1.82) is 0 Å². The maximum atomic E-state index is 3.46. The predicted octanol–water partition coefficient (Wildman–Crippen LogP) is 5.04. The van der Waals surface area contributed by atoms with Crippen molar-refractivity contribution in [2.45, 2.75) is 46.2 Å². The zero-order chi connectivity index (χ0) is 13.8. The lowest BCUT2D eigenvalue weighted by molar-refractivity contribution is 0.593. The van der Waals surface area contributed by atoms with Crippen molar-refractivity contribution in [2.75, 3.05) is 0 Å². The second kappa shape index (κ2) is 6.36. The summed E-state index contributed by atoms with van der Waals surface area (Å²) in [6.07, 6.45) is 0. The number of benzene rings is 1. The predicted molar refractivity (Wildman–Crippen MR) is 85.8 cm³/mol. The first kappa shape index (κ1) is 14.3. The summed E-state index contributed by atoms with van der Waals surface area (Å²) in [5.41, 5.74) is 2.73. The molecule has 0 aliphatic rings. The Balaban J connectivity index is 2.09. The fourth-order valence-corrected chi connectivity index (χ4v) is 2.93. The fourth-order valence-electron chi connectivity index (χ4n) is 1.97. The lowest BCUT2D eigenvalue weighted by atomic mass is 10.0. The van der Waals surface area contributed by atoms with E-state index in [1.807, 2.05) is 11.3 Å². The van der Waals surface area contributed by atoms with E-state index in [1.54, 1.807) is 0 Å². The van der Waals surface area contributed by atoms with Crippen LogP contribution < -0.4 is 5.32 Å². The summed E-state index contributed by atoms with van der Waals surface area (Å²) in [4.78, 5) is 2.76. The molecule has 0 bridgehead atoms. The van der Waals surface area contributed by atoms with Gasteiger partial charge in [-0.25, -0.2) is 0 Å². The van der Waals surface area contributed by atoms with Gasteiger partial charge in [-0.3, -0.25) is 0 Å². The average Bonchev–Trinajstić information content (AvgIpc) is 2.85. The summed E-state index contributed by atoms with van der Waals surface area (Å²) in [5.74, 6) is 0.600. The topological polar surface area (TPSA) is 12.0 Å². The lowest BCUT2D eigenvalue weighted by Crippen LogP contribution is -2.21. The van der Waals surface area contributed by atoms with Gasteiger partial charge in [-0.1, -0.05) is 52.0 Å². The van der Waals surface area contributed by atoms with Crippen LogP contribution in [0, 0.1) is 0 Å². The first-order valence-corrected chi connectivity index (χ1v) is 7.80. The summed E-state index contributed by atoms with van der Waals surface area (Å²) < 4.78 is 0. The largest absolute Gasteiger partial charge is 0.310 e. The fraction of sp³-hybridized carbons (Fsp3) is 0.412. The van der Waals surface area contributed by atoms with Crippen molar-refractivity contribution in [2.24, 2.45) is 0 Å². The van der Waals surface area contributed by atoms with Crippen LogP contribution >= 0.6 is 11.3 Å². The van der Waals surface area contributed by atoms with Crippen molar-refractivity contribution < 1.29 is 0 Å². The number of nitrogens with one attached hydrogen (secondary N) is 1. The summed E-state index contributed by atoms with van der Waals surface area (Å²) >= 11 is 1.88. The van der Waals surface area contributed by atoms with Crippen molar-refractivity contribution >= 4 is 11.3 Å². The van der Waals surface area contributed by atoms with E-state index in [0.29, 0.717) is 12.0 Å². The molecule has 1 aromatic carbocycles. The Kier molecular flexibility index (Phi) is 4.78. The Morgan fingerprint density at radius 2 is 1.63 bits per heavy atom. The Hall–Kier alpha value is -1.12. The Bertz CT molecular complexity index is 508. The second-order valence-corrected chi connectivity index (χ2v) is 6.75. The third-order valence-electron chi connectivity index (χ3n) is 3.21. The molecule has 2 aromatic rings. The molecule has 1 heterocycles. The molecule has 0 fully saturated rings. The molecule has 2 heteroatoms. The van der Waals surface area contributed by atoms with Crippen LogP contribution in [0.5, 0.6) is 0 Å². The molecule has 0 unspecified atom stereocenters. The molecule has 0 atom stereocenters. The van der Waals surface area contributed by atoms with Crippen LogP contribution in [-0.4, -0.2) is 6.04 Å². The Morgan fingerprint density at radius 3 is 2.21 bits per heavy atom. The zero-order valence-electron chi connectivity index (χ0n) is 12.2. The SMILES string of the molecule is CC(C)NCc1ccc(-c2ccc(C(C)C)cc2)s1. The van der Waals surface area contributed by atoms with Crippen molar-refractivity contribution in [3.63, 3.8) is 0 Å². The number of hydrogen-bond donors (Lipinski definition) is 1. The van der Waals surface area contributed by atoms with Crippen LogP contribution in [0.3, 0.4) is 0 Å². The molecule has 0 aliphatic carbocycles. The monoisotopic (exact) mass is 273 g/mol. The molecule has 1 nitrogen and oxygen atoms in total. The third-order valence-corrected chi connectivity index (χ3v) is 4.34. The van der Waals surface area contributed by atoms with Crippen LogP contribution in [0.15, 0.2) is 36.4 Å². The molecular weight excluding hydrogens is 250 g/mol. The van der Waals surface area contributed by atoms with E-state index in [4.69, 9.17) is 0 Å². The molecular formula is C17H23NS. The normalized spacial score (nSPS) is 11.5. The van der Waals surface area contributed by atoms with Gasteiger partial charge in [-0.05, 0) is 29.2 Å². The highest BCUT2D eigenvalue weighted by Gasteiger charge is 2.04. The van der Waals surface area contributed by atoms with Gasteiger partial charge >= 0.3 is 0 Å². The maximum absolute atomic E-state index is 3.46. The molecule has 19 heavy (non-hydrogen) atoms. The van der Waals surface area contributed by atoms with Gasteiger partial charge in [0.05, 0.1) is 0 Å². The van der Waals surface area contributed by atoms with Gasteiger partial charge < -0.3 is 5.32 Å². The zero-order valence-corrected chi connectivity index (χ0v) is 13.1. The van der Waals surface area contributed by atoms with Gasteiger partial charge in [0.25, 0.3) is 0 Å². The van der Waals surface area contributed by atoms with Crippen LogP contribution in [0.4, 0.5) is 0 Å². The smallest absolute Gasteiger partial charge is 0.0346 e. The minimum Gasteiger partial charge on any atom is -0.310 e. The second-order valence-electron chi connectivity index (χ2n) is 5.58. The highest BCUT2D eigenvalue weighted by atomic mass is 32.1. The number of rotatable bonds is 5. The van der Waals surface area contributed by atoms with Crippen molar-refractivity contribution in [3.05, 3.63) is 46.8 Å². The summed E-state index contributed by atoms with van der Waals surface area (Å²) in [6, 6.07) is 14.0. The van der Waals surface area contributed by atoms with Crippen LogP contribution in [0.25, 0.3) is 10.4 Å². The van der Waals surface area contributed by atoms with Crippen LogP contribution in [-0.2, 0) is 6.54 Å². The van der Waals surface area contributed by atoms with Gasteiger partial charge in [0.15, 0.2) is 0 Å². The maximum Gasteiger partial charge on any atom is 0.0346 e. The molecule has 1 N–H and O–H groups in total. The van der Waals surface area contributed by atoms with E-state index in [2.05, 4.69) is 69.4 Å². The molecule has 0 saturated heterocycles. The van der Waals surface area contributed by atoms with Crippen molar-refractivity contribution in [3.8, 4) is 10.4 Å². The van der Waals surface area contributed by atoms with Gasteiger partial charge in [-0.2, -0.15) is 0 Å². The quantitative estimate of drug-likeness (QED) is 0.805. The van der Waals surface area contributed by atoms with Gasteiger partial charge in [-0.15, -0.1) is 11.3 Å². The van der Waals surface area contributed by atoms with Gasteiger partial charge in [0.2, 0.25) is 0 Å². The molecule has 0 aliphatic heterocycles. The van der Waals surface area contributed by atoms with Crippen LogP contribution in [0.1, 0.15) is 44.1 Å². The Morgan fingerprint density at radius 1 is 0.947 bits per heavy atom. The van der Waals surface area contributed by atoms with E-state index in [-0.39, 0.29) is 0 Å². The number of hydrogen-bond acceptors (Lipinski definition) is 2. The minimum atomic E-state index is 0.538. The first-order valence-electron chi connectivity index (χ1n) is 6.98. The van der Waals surface area contributed by atoms with E-state index >= 15 is 0 Å². The van der Waals surface area contributed by atoms with E-state index in [1.165, 1.54) is 20.9 Å². The molecule has 0 spiro atoms. The third kappa shape index (κ3) is 3.92. The molecule has 1 aromatic heterocycles. The van der Waals surface area contributed by atoms with E-state index in [0.717, 1.165) is 6.54 Å². The van der Waals surface area contributed by atoms with Gasteiger partial charge in [0.1, 0.15) is 0 Å². The number of thiophene rings is 1. The highest BCUT2D eigenvalue weighted by molar-refractivity contribution is 7.15. The van der Waals surface area contributed by atoms with E-state index < -0.39 is 0 Å². The molecule has 2 rings (SSSR count). The van der Waals surface area contributed by atoms with Gasteiger partial charge in [0, 0.05) is 22.3 Å². The summed E-state index contributed by atoms with van der Waals surface area (Å²) in [7, 11) is 0. The minimum absolute atomic E-state index is 0.538. The lowest BCUT2D eigenvalue weighted by Gasteiger charge is -2.06. The average molecular weight is 273 g/mol. The Labute approximate surface area is 120 Å². The van der Waals surface area contributed by atoms with E-state index in [9.17, 15) is 0 Å². The molecule has 0 radical (unpaired) electrons. The summed E-state index contributed by atoms with van der Waals surface area (Å²) in [6.45, 7) is 9.79. The molecule has 102 valence electrons. The standard InChI is InChI=1S/C17H23NS/c1-12(2)14-5-7-15(8-6-14)17-10-9-16(19-17)11-18-13(3)4/h5-10,12-13,18H,11H2,1-4H3. The van der Waals surface area contributed by atoms with Crippen LogP contribution in [0.2, 0.25) is 0 Å². The first-order chi connectivity index (χ1) is 9.06. The molecule has 0 saturated carbocycles. The van der Waals surface area contributed by atoms with Crippen molar-refractivity contribution in [1.82, 2.24) is 5.32 Å². The highest BCUT2D eigenvalue weighted by Crippen LogP contribution is 2.29.